The topological polar surface area (TPSA) is 3.24 Å². The van der Waals surface area contributed by atoms with Crippen molar-refractivity contribution in [3.05, 3.63) is 247 Å². The van der Waals surface area contributed by atoms with Gasteiger partial charge in [0.05, 0.1) is 11.1 Å². The maximum Gasteiger partial charge on any atom is 0.0723 e. The van der Waals surface area contributed by atoms with Crippen molar-refractivity contribution in [2.45, 2.75) is 15.2 Å². The predicted molar refractivity (Wildman–Crippen MR) is 232 cm³/mol. The maximum atomic E-state index is 2.44. The number of hydrogen-bond donors (Lipinski definition) is 0. The lowest BCUT2D eigenvalue weighted by Gasteiger charge is -2.42. The van der Waals surface area contributed by atoms with E-state index in [0.717, 1.165) is 17.1 Å². The van der Waals surface area contributed by atoms with Gasteiger partial charge in [0.25, 0.3) is 0 Å². The van der Waals surface area contributed by atoms with Crippen LogP contribution in [0, 0.1) is 0 Å². The third-order valence-corrected chi connectivity index (χ3v) is 12.2. The minimum atomic E-state index is -0.466. The van der Waals surface area contributed by atoms with Crippen molar-refractivity contribution in [3.8, 4) is 22.3 Å². The van der Waals surface area contributed by atoms with E-state index in [-0.39, 0.29) is 0 Å². The Balaban J connectivity index is 1.10. The van der Waals surface area contributed by atoms with Crippen LogP contribution in [0.15, 0.2) is 234 Å². The molecule has 0 bridgehead atoms. The zero-order valence-corrected chi connectivity index (χ0v) is 31.0. The van der Waals surface area contributed by atoms with Crippen LogP contribution in [0.25, 0.3) is 33.0 Å². The lowest BCUT2D eigenvalue weighted by Crippen LogP contribution is -2.34. The molecule has 0 spiro atoms. The van der Waals surface area contributed by atoms with Crippen molar-refractivity contribution in [2.24, 2.45) is 0 Å². The van der Waals surface area contributed by atoms with Crippen LogP contribution in [-0.4, -0.2) is 0 Å². The fourth-order valence-corrected chi connectivity index (χ4v) is 9.63. The number of hydrogen-bond acceptors (Lipinski definition) is 2. The number of anilines is 3. The molecule has 0 fully saturated rings. The summed E-state index contributed by atoms with van der Waals surface area (Å²) in [7, 11) is 0. The van der Waals surface area contributed by atoms with E-state index >= 15 is 0 Å². The summed E-state index contributed by atoms with van der Waals surface area (Å²) < 4.78 is 0. The zero-order chi connectivity index (χ0) is 36.6. The molecule has 0 aliphatic carbocycles. The normalized spacial score (nSPS) is 12.8. The molecule has 0 saturated heterocycles. The first-order valence-electron chi connectivity index (χ1n) is 18.8. The Hall–Kier alpha value is -6.61. The van der Waals surface area contributed by atoms with Crippen molar-refractivity contribution in [2.75, 3.05) is 4.90 Å². The van der Waals surface area contributed by atoms with E-state index in [9.17, 15) is 0 Å². The highest BCUT2D eigenvalue weighted by Gasteiger charge is 2.44. The molecule has 1 nitrogen and oxygen atoms in total. The molecule has 0 saturated carbocycles. The third-order valence-electron chi connectivity index (χ3n) is 11.0. The Morgan fingerprint density at radius 2 is 0.836 bits per heavy atom. The largest absolute Gasteiger partial charge is 0.310 e. The third kappa shape index (κ3) is 5.74. The van der Waals surface area contributed by atoms with Crippen LogP contribution in [0.3, 0.4) is 0 Å². The van der Waals surface area contributed by atoms with Gasteiger partial charge in [-0.05, 0) is 98.4 Å². The van der Waals surface area contributed by atoms with Crippen molar-refractivity contribution < 1.29 is 0 Å². The first kappa shape index (κ1) is 33.0. The van der Waals surface area contributed by atoms with Crippen molar-refractivity contribution in [1.29, 1.82) is 0 Å². The molecule has 260 valence electrons. The second-order valence-corrected chi connectivity index (χ2v) is 15.2. The van der Waals surface area contributed by atoms with Crippen LogP contribution in [0.5, 0.6) is 0 Å². The molecule has 55 heavy (non-hydrogen) atoms. The Morgan fingerprint density at radius 3 is 1.51 bits per heavy atom. The highest BCUT2D eigenvalue weighted by atomic mass is 32.2. The fourth-order valence-electron chi connectivity index (χ4n) is 8.45. The van der Waals surface area contributed by atoms with Gasteiger partial charge in [-0.1, -0.05) is 188 Å². The average molecular weight is 720 g/mol. The summed E-state index contributed by atoms with van der Waals surface area (Å²) in [5.74, 6) is 0. The Kier molecular flexibility index (Phi) is 8.39. The van der Waals surface area contributed by atoms with Gasteiger partial charge in [-0.2, -0.15) is 0 Å². The zero-order valence-electron chi connectivity index (χ0n) is 30.2. The van der Waals surface area contributed by atoms with Crippen molar-refractivity contribution in [3.63, 3.8) is 0 Å². The van der Waals surface area contributed by atoms with Gasteiger partial charge >= 0.3 is 0 Å². The number of nitrogens with zero attached hydrogens (tertiary/aromatic N) is 1. The molecular formula is C53H37NS. The highest BCUT2D eigenvalue weighted by molar-refractivity contribution is 7.99. The van der Waals surface area contributed by atoms with Gasteiger partial charge in [0.1, 0.15) is 0 Å². The molecule has 0 amide bonds. The van der Waals surface area contributed by atoms with Crippen molar-refractivity contribution in [1.82, 2.24) is 0 Å². The van der Waals surface area contributed by atoms with Gasteiger partial charge in [-0.3, -0.25) is 0 Å². The number of benzene rings is 9. The molecule has 0 atom stereocenters. The summed E-state index contributed by atoms with van der Waals surface area (Å²) in [6.07, 6.45) is 0. The molecule has 1 aliphatic rings. The quantitative estimate of drug-likeness (QED) is 0.161. The van der Waals surface area contributed by atoms with Crippen LogP contribution >= 0.6 is 11.8 Å². The highest BCUT2D eigenvalue weighted by Crippen LogP contribution is 2.56. The van der Waals surface area contributed by atoms with E-state index in [1.165, 1.54) is 65.1 Å². The minimum Gasteiger partial charge on any atom is -0.310 e. The molecule has 10 rings (SSSR count). The molecule has 1 aliphatic heterocycles. The molecule has 0 aromatic heterocycles. The first-order valence-corrected chi connectivity index (χ1v) is 19.7. The molecule has 0 N–H and O–H groups in total. The van der Waals surface area contributed by atoms with Gasteiger partial charge < -0.3 is 4.90 Å². The fraction of sp³-hybridized carbons (Fsp3) is 0.0189. The molecule has 1 heterocycles. The first-order chi connectivity index (χ1) is 27.3. The smallest absolute Gasteiger partial charge is 0.0723 e. The van der Waals surface area contributed by atoms with Crippen LogP contribution in [0.4, 0.5) is 17.1 Å². The second kappa shape index (κ2) is 14.0. The van der Waals surface area contributed by atoms with E-state index in [1.54, 1.807) is 0 Å². The van der Waals surface area contributed by atoms with Gasteiger partial charge in [-0.25, -0.2) is 0 Å². The van der Waals surface area contributed by atoms with E-state index in [2.05, 4.69) is 229 Å². The SMILES string of the molecule is c1ccc(-c2ccc(N(c3ccc(-c4ccc5c(c4)C(c4ccccc4)(c4ccccc4)c4ccccc4S5)cc3)c3cccc4ccccc34)cc2)cc1. The van der Waals surface area contributed by atoms with Gasteiger partial charge in [0.2, 0.25) is 0 Å². The molecule has 9 aromatic rings. The molecular weight excluding hydrogens is 683 g/mol. The Morgan fingerprint density at radius 1 is 0.345 bits per heavy atom. The maximum absolute atomic E-state index is 2.44. The van der Waals surface area contributed by atoms with E-state index in [1.807, 2.05) is 11.8 Å². The minimum absolute atomic E-state index is 0.466. The van der Waals surface area contributed by atoms with E-state index in [0.29, 0.717) is 0 Å². The van der Waals surface area contributed by atoms with Gasteiger partial charge in [0.15, 0.2) is 0 Å². The van der Waals surface area contributed by atoms with Crippen LogP contribution in [0.1, 0.15) is 22.3 Å². The molecule has 0 radical (unpaired) electrons. The average Bonchev–Trinajstić information content (AvgIpc) is 3.27. The molecule has 9 aromatic carbocycles. The van der Waals surface area contributed by atoms with E-state index in [4.69, 9.17) is 0 Å². The lowest BCUT2D eigenvalue weighted by atomic mass is 9.64. The van der Waals surface area contributed by atoms with Crippen LogP contribution < -0.4 is 4.90 Å². The van der Waals surface area contributed by atoms with Gasteiger partial charge in [-0.15, -0.1) is 0 Å². The predicted octanol–water partition coefficient (Wildman–Crippen LogP) is 14.5. The van der Waals surface area contributed by atoms with E-state index < -0.39 is 5.41 Å². The summed E-state index contributed by atoms with van der Waals surface area (Å²) in [6, 6.07) is 81.9. The lowest BCUT2D eigenvalue weighted by molar-refractivity contribution is 0.703. The summed E-state index contributed by atoms with van der Waals surface area (Å²) in [5.41, 5.74) is 12.9. The standard InChI is InChI=1S/C53H37NS/c1-4-15-38(16-5-1)39-27-32-45(33-28-39)54(50-25-14-18-41-17-10-11-23-47(41)50)46-34-29-40(30-35-46)42-31-36-52-49(37-42)53(43-19-6-2-7-20-43,44-21-8-3-9-22-44)48-24-12-13-26-51(48)55-52/h1-37H. The second-order valence-electron chi connectivity index (χ2n) is 14.1. The summed E-state index contributed by atoms with van der Waals surface area (Å²) >= 11 is 1.87. The number of fused-ring (bicyclic) bond motifs is 3. The van der Waals surface area contributed by atoms with Crippen LogP contribution in [-0.2, 0) is 5.41 Å². The van der Waals surface area contributed by atoms with Gasteiger partial charge in [0, 0.05) is 26.6 Å². The molecule has 0 unspecified atom stereocenters. The summed E-state index contributed by atoms with van der Waals surface area (Å²) in [6.45, 7) is 0. The molecule has 2 heteroatoms. The monoisotopic (exact) mass is 719 g/mol. The van der Waals surface area contributed by atoms with Crippen LogP contribution in [0.2, 0.25) is 0 Å². The summed E-state index contributed by atoms with van der Waals surface area (Å²) in [4.78, 5) is 4.97. The van der Waals surface area contributed by atoms with Crippen molar-refractivity contribution >= 4 is 39.6 Å². The number of rotatable bonds is 7. The Labute approximate surface area is 327 Å². The summed E-state index contributed by atoms with van der Waals surface area (Å²) in [5, 5.41) is 2.43. The Bertz CT molecular complexity index is 2710.